The van der Waals surface area contributed by atoms with Crippen LogP contribution >= 0.6 is 23.2 Å². The van der Waals surface area contributed by atoms with E-state index in [-0.39, 0.29) is 14.9 Å². The molecule has 0 heterocycles. The molecule has 0 aliphatic heterocycles. The Labute approximate surface area is 157 Å². The smallest absolute Gasteiger partial charge is 0.326 e. The number of ether oxygens (including phenoxy) is 1. The van der Waals surface area contributed by atoms with E-state index in [0.717, 1.165) is 9.87 Å². The Balaban J connectivity index is 2.68. The van der Waals surface area contributed by atoms with E-state index >= 15 is 0 Å². The van der Waals surface area contributed by atoms with Crippen molar-refractivity contribution in [2.24, 2.45) is 0 Å². The minimum atomic E-state index is -4.14. The van der Waals surface area contributed by atoms with Crippen LogP contribution in [0.25, 0.3) is 0 Å². The summed E-state index contributed by atoms with van der Waals surface area (Å²) in [5, 5.41) is 0.242. The number of benzene rings is 2. The number of carbonyl (C=O) groups excluding carboxylic acids is 1. The van der Waals surface area contributed by atoms with E-state index in [9.17, 15) is 13.2 Å². The number of carbonyl (C=O) groups is 1. The first kappa shape index (κ1) is 19.6. The predicted octanol–water partition coefficient (Wildman–Crippen LogP) is 3.98. The predicted molar refractivity (Wildman–Crippen MR) is 98.9 cm³/mol. The molecule has 0 saturated heterocycles. The Morgan fingerprint density at radius 3 is 2.44 bits per heavy atom. The molecule has 5 nitrogen and oxygen atoms in total. The van der Waals surface area contributed by atoms with Crippen LogP contribution in [-0.2, 0) is 19.6 Å². The lowest BCUT2D eigenvalue weighted by atomic mass is 10.1. The zero-order valence-electron chi connectivity index (χ0n) is 13.9. The maximum absolute atomic E-state index is 13.2. The van der Waals surface area contributed by atoms with Crippen molar-refractivity contribution in [2.75, 3.05) is 18.0 Å². The van der Waals surface area contributed by atoms with Gasteiger partial charge in [0.15, 0.2) is 0 Å². The monoisotopic (exact) mass is 401 g/mol. The normalized spacial score (nSPS) is 11.2. The molecule has 0 aliphatic carbocycles. The van der Waals surface area contributed by atoms with Gasteiger partial charge in [-0.25, -0.2) is 8.42 Å². The highest BCUT2D eigenvalue weighted by Gasteiger charge is 2.30. The van der Waals surface area contributed by atoms with Gasteiger partial charge in [-0.1, -0.05) is 35.3 Å². The van der Waals surface area contributed by atoms with Gasteiger partial charge in [0.2, 0.25) is 0 Å². The summed E-state index contributed by atoms with van der Waals surface area (Å²) in [6.45, 7) is 3.11. The van der Waals surface area contributed by atoms with Crippen molar-refractivity contribution in [3.8, 4) is 0 Å². The van der Waals surface area contributed by atoms with Crippen molar-refractivity contribution in [3.05, 3.63) is 57.6 Å². The topological polar surface area (TPSA) is 63.7 Å². The highest BCUT2D eigenvalue weighted by Crippen LogP contribution is 2.32. The van der Waals surface area contributed by atoms with Crippen LogP contribution in [0.3, 0.4) is 0 Å². The molecule has 8 heteroatoms. The molecule has 0 radical (unpaired) electrons. The molecule has 0 unspecified atom stereocenters. The van der Waals surface area contributed by atoms with Gasteiger partial charge >= 0.3 is 5.97 Å². The molecule has 0 aliphatic rings. The third kappa shape index (κ3) is 4.26. The minimum absolute atomic E-state index is 0.0181. The molecule has 25 heavy (non-hydrogen) atoms. The lowest BCUT2D eigenvalue weighted by Crippen LogP contribution is -2.37. The number of hydrogen-bond donors (Lipinski definition) is 0. The fourth-order valence-electron chi connectivity index (χ4n) is 2.26. The van der Waals surface area contributed by atoms with Crippen molar-refractivity contribution in [1.29, 1.82) is 0 Å². The van der Waals surface area contributed by atoms with Crippen molar-refractivity contribution in [1.82, 2.24) is 0 Å². The second-order valence-corrected chi connectivity index (χ2v) is 8.13. The van der Waals surface area contributed by atoms with Crippen LogP contribution in [0.4, 0.5) is 5.69 Å². The second-order valence-electron chi connectivity index (χ2n) is 5.45. The van der Waals surface area contributed by atoms with Gasteiger partial charge < -0.3 is 4.74 Å². The summed E-state index contributed by atoms with van der Waals surface area (Å²) in [4.78, 5) is 11.7. The van der Waals surface area contributed by atoms with Crippen LogP contribution in [-0.4, -0.2) is 28.0 Å². The SMILES string of the molecule is COC(=O)CN(c1cc(C)ccc1C)S(=O)(=O)c1cc(Cl)ccc1Cl. The van der Waals surface area contributed by atoms with Crippen LogP contribution in [0.2, 0.25) is 10.0 Å². The maximum atomic E-state index is 13.2. The zero-order chi connectivity index (χ0) is 18.8. The number of aryl methyl sites for hydroxylation is 2. The third-order valence-corrected chi connectivity index (χ3v) is 6.07. The first-order valence-corrected chi connectivity index (χ1v) is 9.48. The van der Waals surface area contributed by atoms with Crippen LogP contribution in [0.1, 0.15) is 11.1 Å². The summed E-state index contributed by atoms with van der Waals surface area (Å²) in [6, 6.07) is 9.47. The van der Waals surface area contributed by atoms with Gasteiger partial charge in [-0.2, -0.15) is 0 Å². The molecule has 2 rings (SSSR count). The molecule has 0 amide bonds. The number of anilines is 1. The lowest BCUT2D eigenvalue weighted by molar-refractivity contribution is -0.138. The van der Waals surface area contributed by atoms with Crippen LogP contribution in [0, 0.1) is 13.8 Å². The highest BCUT2D eigenvalue weighted by molar-refractivity contribution is 7.93. The van der Waals surface area contributed by atoms with E-state index < -0.39 is 22.5 Å². The molecule has 0 atom stereocenters. The van der Waals surface area contributed by atoms with Crippen molar-refractivity contribution in [2.45, 2.75) is 18.7 Å². The number of hydrogen-bond acceptors (Lipinski definition) is 4. The van der Waals surface area contributed by atoms with Gasteiger partial charge in [0.25, 0.3) is 10.0 Å². The number of esters is 1. The fraction of sp³-hybridized carbons (Fsp3) is 0.235. The van der Waals surface area contributed by atoms with Crippen LogP contribution < -0.4 is 4.31 Å². The van der Waals surface area contributed by atoms with Crippen molar-refractivity contribution >= 4 is 44.9 Å². The average Bonchev–Trinajstić information content (AvgIpc) is 2.56. The maximum Gasteiger partial charge on any atom is 0.326 e. The summed E-state index contributed by atoms with van der Waals surface area (Å²) in [7, 11) is -2.94. The minimum Gasteiger partial charge on any atom is -0.468 e. The van der Waals surface area contributed by atoms with Gasteiger partial charge in [-0.15, -0.1) is 0 Å². The lowest BCUT2D eigenvalue weighted by Gasteiger charge is -2.25. The molecule has 0 spiro atoms. The molecule has 0 aromatic heterocycles. The van der Waals surface area contributed by atoms with Gasteiger partial charge in [-0.05, 0) is 49.2 Å². The summed E-state index contributed by atoms with van der Waals surface area (Å²) in [5.41, 5.74) is 1.92. The molecule has 0 fully saturated rings. The van der Waals surface area contributed by atoms with Gasteiger partial charge in [0, 0.05) is 5.02 Å². The molecule has 2 aromatic rings. The third-order valence-electron chi connectivity index (χ3n) is 3.60. The Morgan fingerprint density at radius 1 is 1.12 bits per heavy atom. The Kier molecular flexibility index (Phi) is 5.98. The Bertz CT molecular complexity index is 913. The molecule has 0 saturated carbocycles. The molecular weight excluding hydrogens is 385 g/mol. The number of rotatable bonds is 5. The first-order valence-electron chi connectivity index (χ1n) is 7.28. The summed E-state index contributed by atoms with van der Waals surface area (Å²) in [5.74, 6) is -0.692. The molecule has 0 N–H and O–H groups in total. The van der Waals surface area contributed by atoms with E-state index in [1.807, 2.05) is 13.0 Å². The number of halogens is 2. The van der Waals surface area contributed by atoms with Gasteiger partial charge in [0.05, 0.1) is 17.8 Å². The van der Waals surface area contributed by atoms with E-state index in [1.54, 1.807) is 19.1 Å². The molecule has 0 bridgehead atoms. The largest absolute Gasteiger partial charge is 0.468 e. The quantitative estimate of drug-likeness (QED) is 0.710. The van der Waals surface area contributed by atoms with Gasteiger partial charge in [0.1, 0.15) is 11.4 Å². The summed E-state index contributed by atoms with van der Waals surface area (Å²) < 4.78 is 32.0. The molecule has 134 valence electrons. The summed E-state index contributed by atoms with van der Waals surface area (Å²) >= 11 is 12.0. The molecule has 2 aromatic carbocycles. The Morgan fingerprint density at radius 2 is 1.80 bits per heavy atom. The number of sulfonamides is 1. The van der Waals surface area contributed by atoms with Crippen LogP contribution in [0.15, 0.2) is 41.3 Å². The Hall–Kier alpha value is -1.76. The van der Waals surface area contributed by atoms with Crippen LogP contribution in [0.5, 0.6) is 0 Å². The van der Waals surface area contributed by atoms with Gasteiger partial charge in [-0.3, -0.25) is 9.10 Å². The second kappa shape index (κ2) is 7.64. The molecular formula is C17H17Cl2NO4S. The first-order chi connectivity index (χ1) is 11.7. The van der Waals surface area contributed by atoms with E-state index in [1.165, 1.54) is 25.3 Å². The van der Waals surface area contributed by atoms with E-state index in [0.29, 0.717) is 11.3 Å². The fourth-order valence-corrected chi connectivity index (χ4v) is 4.47. The number of methoxy groups -OCH3 is 1. The highest BCUT2D eigenvalue weighted by atomic mass is 35.5. The van der Waals surface area contributed by atoms with Crippen molar-refractivity contribution in [3.63, 3.8) is 0 Å². The number of nitrogens with zero attached hydrogens (tertiary/aromatic N) is 1. The average molecular weight is 402 g/mol. The van der Waals surface area contributed by atoms with E-state index in [2.05, 4.69) is 4.74 Å². The zero-order valence-corrected chi connectivity index (χ0v) is 16.2. The summed E-state index contributed by atoms with van der Waals surface area (Å²) in [6.07, 6.45) is 0. The van der Waals surface area contributed by atoms with E-state index in [4.69, 9.17) is 23.2 Å². The van der Waals surface area contributed by atoms with Crippen molar-refractivity contribution < 1.29 is 17.9 Å². The standard InChI is InChI=1S/C17H17Cl2NO4S/c1-11-4-5-12(2)15(8-11)20(10-17(21)24-3)25(22,23)16-9-13(18)6-7-14(16)19/h4-9H,10H2,1-3H3.